The first-order chi connectivity index (χ1) is 20.9. The molecule has 10 heteroatoms. The number of fused-ring (bicyclic) bond motifs is 1. The average molecular weight is 578 g/mol. The molecule has 0 atom stereocenters. The van der Waals surface area contributed by atoms with Gasteiger partial charge in [0.15, 0.2) is 11.5 Å². The molecule has 0 radical (unpaired) electrons. The number of rotatable bonds is 9. The molecule has 220 valence electrons. The first-order valence-corrected chi connectivity index (χ1v) is 14.1. The molecule has 0 saturated heterocycles. The molecule has 5 aromatic rings. The van der Waals surface area contributed by atoms with Crippen molar-refractivity contribution in [2.45, 2.75) is 25.8 Å². The van der Waals surface area contributed by atoms with E-state index < -0.39 is 0 Å². The fraction of sp³-hybridized carbons (Fsp3) is 0.212. The number of amides is 1. The molecule has 1 amide bonds. The van der Waals surface area contributed by atoms with Crippen LogP contribution in [0.5, 0.6) is 11.5 Å². The normalized spacial score (nSPS) is 12.7. The van der Waals surface area contributed by atoms with Crippen molar-refractivity contribution in [3.63, 3.8) is 0 Å². The second-order valence-corrected chi connectivity index (χ2v) is 10.3. The number of imidazole rings is 1. The van der Waals surface area contributed by atoms with E-state index in [1.165, 1.54) is 33.2 Å². The molecule has 2 N–H and O–H groups in total. The molecule has 0 unspecified atom stereocenters. The van der Waals surface area contributed by atoms with Crippen molar-refractivity contribution in [2.24, 2.45) is 0 Å². The largest absolute Gasteiger partial charge is 0.457 e. The summed E-state index contributed by atoms with van der Waals surface area (Å²) in [5, 5.41) is 0. The van der Waals surface area contributed by atoms with E-state index in [2.05, 4.69) is 41.0 Å². The standard InChI is InChI=1S/C25H20N6O3.C8H15N/c1-29(16-32)17-7-9-19(10-8-17)31-24-22(23(26)27-15-28-24)30(25(31)33)18-11-13-21(14-12-18)34-20-5-3-2-4-6-20;1-3-4-7-9(2)8-5-6-8/h2-16H,1H3,(H2,26,27,28);3-4,8H,5-7H2,1-2H3/b;4-3+. The zero-order valence-electron chi connectivity index (χ0n) is 24.5. The Labute approximate surface area is 250 Å². The third-order valence-corrected chi connectivity index (χ3v) is 7.20. The highest BCUT2D eigenvalue weighted by atomic mass is 16.5. The van der Waals surface area contributed by atoms with Crippen LogP contribution in [-0.2, 0) is 4.79 Å². The lowest BCUT2D eigenvalue weighted by Gasteiger charge is -2.11. The summed E-state index contributed by atoms with van der Waals surface area (Å²) in [4.78, 5) is 36.9. The SMILES string of the molecule is C/C=C/CN(C)C1CC1.CN(C=O)c1ccc(-n2c(=O)n(-c3ccc(Oc4ccccc4)cc3)c3c(N)ncnc32)cc1. The number of nitrogens with two attached hydrogens (primary N) is 1. The summed E-state index contributed by atoms with van der Waals surface area (Å²) in [7, 11) is 3.84. The Hall–Kier alpha value is -5.22. The summed E-state index contributed by atoms with van der Waals surface area (Å²) >= 11 is 0. The Morgan fingerprint density at radius 2 is 1.53 bits per heavy atom. The quantitative estimate of drug-likeness (QED) is 0.189. The molecule has 0 bridgehead atoms. The molecule has 2 heterocycles. The first-order valence-electron chi connectivity index (χ1n) is 14.1. The molecular weight excluding hydrogens is 542 g/mol. The molecule has 3 aromatic carbocycles. The van der Waals surface area contributed by atoms with Crippen LogP contribution >= 0.6 is 0 Å². The lowest BCUT2D eigenvalue weighted by Crippen LogP contribution is -2.22. The lowest BCUT2D eigenvalue weighted by molar-refractivity contribution is -0.107. The van der Waals surface area contributed by atoms with Crippen LogP contribution in [0.3, 0.4) is 0 Å². The number of carbonyl (C=O) groups excluding carboxylic acids is 1. The number of benzene rings is 3. The minimum Gasteiger partial charge on any atom is -0.457 e. The van der Waals surface area contributed by atoms with Gasteiger partial charge in [0.2, 0.25) is 6.41 Å². The number of anilines is 2. The van der Waals surface area contributed by atoms with Crippen molar-refractivity contribution in [2.75, 3.05) is 31.3 Å². The van der Waals surface area contributed by atoms with Crippen molar-refractivity contribution >= 4 is 29.1 Å². The Kier molecular flexibility index (Phi) is 8.97. The number of nitrogens with zero attached hydrogens (tertiary/aromatic N) is 6. The summed E-state index contributed by atoms with van der Waals surface area (Å²) in [5.41, 5.74) is 8.46. The van der Waals surface area contributed by atoms with E-state index in [0.717, 1.165) is 12.6 Å². The predicted octanol–water partition coefficient (Wildman–Crippen LogP) is 5.20. The third kappa shape index (κ3) is 6.65. The molecular formula is C33H35N7O3. The highest BCUT2D eigenvalue weighted by Crippen LogP contribution is 2.27. The van der Waals surface area contributed by atoms with E-state index in [9.17, 15) is 9.59 Å². The van der Waals surface area contributed by atoms with E-state index in [4.69, 9.17) is 10.5 Å². The van der Waals surface area contributed by atoms with Crippen LogP contribution in [0.4, 0.5) is 11.5 Å². The fourth-order valence-electron chi connectivity index (χ4n) is 4.64. The zero-order chi connectivity index (χ0) is 30.3. The number of ether oxygens (including phenoxy) is 1. The molecule has 1 fully saturated rings. The van der Waals surface area contributed by atoms with Crippen molar-refractivity contribution in [1.29, 1.82) is 0 Å². The molecule has 1 aliphatic rings. The topological polar surface area (TPSA) is 112 Å². The Bertz CT molecular complexity index is 1760. The molecule has 6 rings (SSSR count). The van der Waals surface area contributed by atoms with Crippen LogP contribution in [0.2, 0.25) is 0 Å². The smallest absolute Gasteiger partial charge is 0.339 e. The highest BCUT2D eigenvalue weighted by molar-refractivity contribution is 5.85. The van der Waals surface area contributed by atoms with E-state index in [0.29, 0.717) is 46.1 Å². The predicted molar refractivity (Wildman–Crippen MR) is 170 cm³/mol. The van der Waals surface area contributed by atoms with Crippen molar-refractivity contribution in [1.82, 2.24) is 24.0 Å². The molecule has 43 heavy (non-hydrogen) atoms. The van der Waals surface area contributed by atoms with Crippen LogP contribution in [0.25, 0.3) is 22.5 Å². The van der Waals surface area contributed by atoms with Gasteiger partial charge in [0.05, 0.1) is 11.4 Å². The molecule has 1 aliphatic carbocycles. The van der Waals surface area contributed by atoms with Crippen molar-refractivity contribution in [3.05, 3.63) is 108 Å². The Balaban J connectivity index is 0.000000351. The Morgan fingerprint density at radius 3 is 2.16 bits per heavy atom. The molecule has 0 spiro atoms. The molecule has 10 nitrogen and oxygen atoms in total. The van der Waals surface area contributed by atoms with Gasteiger partial charge in [0.25, 0.3) is 0 Å². The van der Waals surface area contributed by atoms with E-state index >= 15 is 0 Å². The van der Waals surface area contributed by atoms with Gasteiger partial charge < -0.3 is 15.4 Å². The van der Waals surface area contributed by atoms with Crippen LogP contribution in [-0.4, -0.2) is 57.1 Å². The maximum Gasteiger partial charge on any atom is 0.339 e. The monoisotopic (exact) mass is 577 g/mol. The van der Waals surface area contributed by atoms with Gasteiger partial charge in [-0.15, -0.1) is 0 Å². The number of hydrogen-bond donors (Lipinski definition) is 1. The number of aromatic nitrogens is 4. The number of carbonyl (C=O) groups is 1. The van der Waals surface area contributed by atoms with E-state index in [1.807, 2.05) is 30.3 Å². The highest BCUT2D eigenvalue weighted by Gasteiger charge is 2.24. The number of hydrogen-bond acceptors (Lipinski definition) is 7. The molecule has 0 aliphatic heterocycles. The number of nitrogen functional groups attached to an aromatic ring is 1. The number of likely N-dealkylation sites (N-methyl/N-ethyl adjacent to an activating group) is 1. The van der Waals surface area contributed by atoms with Crippen LogP contribution in [0.1, 0.15) is 19.8 Å². The van der Waals surface area contributed by atoms with Gasteiger partial charge in [-0.25, -0.2) is 19.3 Å². The summed E-state index contributed by atoms with van der Waals surface area (Å²) in [5.74, 6) is 1.53. The van der Waals surface area contributed by atoms with Crippen LogP contribution < -0.4 is 21.1 Å². The minimum atomic E-state index is -0.351. The van der Waals surface area contributed by atoms with Crippen LogP contribution in [0.15, 0.2) is 102 Å². The maximum atomic E-state index is 13.6. The van der Waals surface area contributed by atoms with Gasteiger partial charge in [0.1, 0.15) is 23.3 Å². The van der Waals surface area contributed by atoms with Gasteiger partial charge in [-0.3, -0.25) is 14.3 Å². The van der Waals surface area contributed by atoms with E-state index in [1.54, 1.807) is 55.6 Å². The van der Waals surface area contributed by atoms with Crippen LogP contribution in [0, 0.1) is 0 Å². The summed E-state index contributed by atoms with van der Waals surface area (Å²) in [6, 6.07) is 24.4. The fourth-order valence-corrected chi connectivity index (χ4v) is 4.64. The number of para-hydroxylation sites is 1. The Morgan fingerprint density at radius 1 is 0.907 bits per heavy atom. The zero-order valence-corrected chi connectivity index (χ0v) is 24.5. The molecule has 1 saturated carbocycles. The van der Waals surface area contributed by atoms with Gasteiger partial charge >= 0.3 is 5.69 Å². The second-order valence-electron chi connectivity index (χ2n) is 10.3. The lowest BCUT2D eigenvalue weighted by atomic mass is 10.2. The van der Waals surface area contributed by atoms with Crippen molar-refractivity contribution in [3.8, 4) is 22.9 Å². The average Bonchev–Trinajstić information content (AvgIpc) is 3.84. The van der Waals surface area contributed by atoms with Gasteiger partial charge in [-0.2, -0.15) is 0 Å². The second kappa shape index (κ2) is 13.2. The number of allylic oxidation sites excluding steroid dienone is 1. The molecule has 2 aromatic heterocycles. The van der Waals surface area contributed by atoms with Gasteiger partial charge in [0, 0.05) is 25.3 Å². The van der Waals surface area contributed by atoms with Crippen molar-refractivity contribution < 1.29 is 9.53 Å². The summed E-state index contributed by atoms with van der Waals surface area (Å²) < 4.78 is 8.79. The van der Waals surface area contributed by atoms with Gasteiger partial charge in [-0.05, 0) is 87.5 Å². The van der Waals surface area contributed by atoms with Gasteiger partial charge in [-0.1, -0.05) is 30.4 Å². The third-order valence-electron chi connectivity index (χ3n) is 7.20. The minimum absolute atomic E-state index is 0.183. The summed E-state index contributed by atoms with van der Waals surface area (Å²) in [6.45, 7) is 3.20. The summed E-state index contributed by atoms with van der Waals surface area (Å²) in [6.07, 6.45) is 9.18. The maximum absolute atomic E-state index is 13.6. The first kappa shape index (κ1) is 29.3. The van der Waals surface area contributed by atoms with E-state index in [-0.39, 0.29) is 11.5 Å².